The monoisotopic (exact) mass is 318 g/mol. The van der Waals surface area contributed by atoms with Crippen molar-refractivity contribution < 1.29 is 0 Å². The van der Waals surface area contributed by atoms with E-state index in [1.807, 2.05) is 13.8 Å². The molecule has 118 valence electrons. The van der Waals surface area contributed by atoms with Gasteiger partial charge >= 0.3 is 0 Å². The molecule has 0 spiro atoms. The van der Waals surface area contributed by atoms with E-state index >= 15 is 0 Å². The third-order valence-corrected chi connectivity index (χ3v) is 4.67. The normalized spacial score (nSPS) is 19.0. The number of aromatic nitrogens is 4. The van der Waals surface area contributed by atoms with E-state index in [0.29, 0.717) is 12.1 Å². The van der Waals surface area contributed by atoms with Crippen molar-refractivity contribution in [2.24, 2.45) is 0 Å². The zero-order chi connectivity index (χ0) is 15.7. The van der Waals surface area contributed by atoms with Crippen LogP contribution >= 0.6 is 11.3 Å². The molecule has 22 heavy (non-hydrogen) atoms. The molecule has 0 bridgehead atoms. The minimum absolute atomic E-state index is 0.387. The molecule has 3 rings (SSSR count). The molecule has 1 saturated heterocycles. The molecule has 0 radical (unpaired) electrons. The van der Waals surface area contributed by atoms with Gasteiger partial charge in [0.15, 0.2) is 0 Å². The maximum absolute atomic E-state index is 4.67. The van der Waals surface area contributed by atoms with Gasteiger partial charge in [0.2, 0.25) is 5.13 Å². The maximum atomic E-state index is 4.67. The van der Waals surface area contributed by atoms with Crippen LogP contribution in [-0.2, 0) is 0 Å². The van der Waals surface area contributed by atoms with Gasteiger partial charge in [0.25, 0.3) is 0 Å². The van der Waals surface area contributed by atoms with Gasteiger partial charge in [-0.15, -0.1) is 10.2 Å². The molecule has 1 fully saturated rings. The number of likely N-dealkylation sites (tertiary alicyclic amines) is 1. The van der Waals surface area contributed by atoms with E-state index in [1.165, 1.54) is 17.8 Å². The first-order valence-corrected chi connectivity index (χ1v) is 8.53. The highest BCUT2D eigenvalue weighted by atomic mass is 32.1. The first kappa shape index (κ1) is 15.3. The van der Waals surface area contributed by atoms with Crippen LogP contribution < -0.4 is 5.32 Å². The SMILES string of the molecule is Cc1nc(Nc2nnc(C)s2)cc([C@@H]2CCCN2C(C)C)n1. The zero-order valence-corrected chi connectivity index (χ0v) is 14.3. The topological polar surface area (TPSA) is 66.8 Å². The molecule has 0 aromatic carbocycles. The summed E-state index contributed by atoms with van der Waals surface area (Å²) in [5, 5.41) is 13.1. The van der Waals surface area contributed by atoms with Crippen molar-refractivity contribution in [1.29, 1.82) is 0 Å². The largest absolute Gasteiger partial charge is 0.315 e. The molecule has 0 saturated carbocycles. The van der Waals surface area contributed by atoms with Gasteiger partial charge in [-0.1, -0.05) is 11.3 Å². The highest BCUT2D eigenvalue weighted by molar-refractivity contribution is 7.15. The third-order valence-electron chi connectivity index (χ3n) is 3.92. The average Bonchev–Trinajstić information content (AvgIpc) is 3.07. The quantitative estimate of drug-likeness (QED) is 0.933. The van der Waals surface area contributed by atoms with Crippen LogP contribution in [0.3, 0.4) is 0 Å². The summed E-state index contributed by atoms with van der Waals surface area (Å²) in [6, 6.07) is 2.97. The number of hydrogen-bond donors (Lipinski definition) is 1. The van der Waals surface area contributed by atoms with Gasteiger partial charge in [0.05, 0.1) is 11.7 Å². The van der Waals surface area contributed by atoms with Crippen molar-refractivity contribution in [3.8, 4) is 0 Å². The Bertz CT molecular complexity index is 653. The van der Waals surface area contributed by atoms with Gasteiger partial charge in [-0.05, 0) is 47.1 Å². The standard InChI is InChI=1S/C15H22N6S/c1-9(2)21-7-5-6-13(21)12-8-14(17-10(3)16-12)18-15-20-19-11(4)22-15/h8-9,13H,5-7H2,1-4H3,(H,16,17,18,20)/t13-/m0/s1. The van der Waals surface area contributed by atoms with Crippen LogP contribution in [0, 0.1) is 13.8 Å². The Morgan fingerprint density at radius 1 is 1.27 bits per heavy atom. The van der Waals surface area contributed by atoms with Crippen LogP contribution in [0.2, 0.25) is 0 Å². The van der Waals surface area contributed by atoms with Gasteiger partial charge in [-0.3, -0.25) is 4.90 Å². The lowest BCUT2D eigenvalue weighted by molar-refractivity contribution is 0.202. The molecule has 0 unspecified atom stereocenters. The van der Waals surface area contributed by atoms with Gasteiger partial charge in [0.1, 0.15) is 16.6 Å². The Balaban J connectivity index is 1.86. The predicted octanol–water partition coefficient (Wildman–Crippen LogP) is 3.23. The molecule has 1 aliphatic rings. The molecule has 0 amide bonds. The molecular weight excluding hydrogens is 296 g/mol. The number of hydrogen-bond acceptors (Lipinski definition) is 7. The number of rotatable bonds is 4. The van der Waals surface area contributed by atoms with Gasteiger partial charge in [-0.2, -0.15) is 0 Å². The van der Waals surface area contributed by atoms with Crippen LogP contribution in [0.25, 0.3) is 0 Å². The average molecular weight is 318 g/mol. The van der Waals surface area contributed by atoms with E-state index < -0.39 is 0 Å². The predicted molar refractivity (Wildman–Crippen MR) is 88.5 cm³/mol. The van der Waals surface area contributed by atoms with Crippen LogP contribution in [0.1, 0.15) is 49.3 Å². The Hall–Kier alpha value is -1.60. The van der Waals surface area contributed by atoms with Crippen LogP contribution in [-0.4, -0.2) is 37.7 Å². The summed E-state index contributed by atoms with van der Waals surface area (Å²) in [4.78, 5) is 11.7. The Morgan fingerprint density at radius 2 is 2.09 bits per heavy atom. The molecule has 3 heterocycles. The Kier molecular flexibility index (Phi) is 4.35. The van der Waals surface area contributed by atoms with Crippen molar-refractivity contribution in [2.45, 2.75) is 52.6 Å². The van der Waals surface area contributed by atoms with Crippen molar-refractivity contribution >= 4 is 22.3 Å². The lowest BCUT2D eigenvalue weighted by Crippen LogP contribution is -2.30. The molecule has 2 aromatic heterocycles. The molecule has 6 nitrogen and oxygen atoms in total. The lowest BCUT2D eigenvalue weighted by atomic mass is 10.1. The summed E-state index contributed by atoms with van der Waals surface area (Å²) in [7, 11) is 0. The smallest absolute Gasteiger partial charge is 0.211 e. The molecular formula is C15H22N6S. The van der Waals surface area contributed by atoms with Crippen molar-refractivity contribution in [3.63, 3.8) is 0 Å². The molecule has 1 N–H and O–H groups in total. The second kappa shape index (κ2) is 6.26. The summed E-state index contributed by atoms with van der Waals surface area (Å²) in [6.45, 7) is 9.52. The fourth-order valence-electron chi connectivity index (χ4n) is 3.01. The number of aryl methyl sites for hydroxylation is 2. The fourth-order valence-corrected chi connectivity index (χ4v) is 3.61. The maximum Gasteiger partial charge on any atom is 0.211 e. The first-order chi connectivity index (χ1) is 10.5. The van der Waals surface area contributed by atoms with E-state index in [4.69, 9.17) is 0 Å². The molecule has 2 aromatic rings. The Labute approximate surface area is 135 Å². The Morgan fingerprint density at radius 3 is 2.77 bits per heavy atom. The minimum atomic E-state index is 0.387. The number of anilines is 2. The molecule has 0 aliphatic carbocycles. The van der Waals surface area contributed by atoms with Gasteiger partial charge in [0, 0.05) is 12.1 Å². The van der Waals surface area contributed by atoms with Gasteiger partial charge < -0.3 is 5.32 Å². The highest BCUT2D eigenvalue weighted by Gasteiger charge is 2.29. The van der Waals surface area contributed by atoms with Crippen LogP contribution in [0.15, 0.2) is 6.07 Å². The zero-order valence-electron chi connectivity index (χ0n) is 13.5. The summed E-state index contributed by atoms with van der Waals surface area (Å²) < 4.78 is 0. The second-order valence-corrected chi connectivity index (χ2v) is 7.15. The van der Waals surface area contributed by atoms with E-state index in [0.717, 1.165) is 40.4 Å². The third kappa shape index (κ3) is 3.25. The van der Waals surface area contributed by atoms with E-state index in [2.05, 4.69) is 50.3 Å². The fraction of sp³-hybridized carbons (Fsp3) is 0.600. The lowest BCUT2D eigenvalue weighted by Gasteiger charge is -2.28. The minimum Gasteiger partial charge on any atom is -0.315 e. The van der Waals surface area contributed by atoms with Crippen LogP contribution in [0.5, 0.6) is 0 Å². The molecule has 7 heteroatoms. The molecule has 1 atom stereocenters. The first-order valence-electron chi connectivity index (χ1n) is 7.71. The molecule has 1 aliphatic heterocycles. The summed E-state index contributed by atoms with van der Waals surface area (Å²) in [5.41, 5.74) is 1.10. The van der Waals surface area contributed by atoms with Gasteiger partial charge in [-0.25, -0.2) is 9.97 Å². The highest BCUT2D eigenvalue weighted by Crippen LogP contribution is 2.33. The van der Waals surface area contributed by atoms with Crippen molar-refractivity contribution in [2.75, 3.05) is 11.9 Å². The number of nitrogens with zero attached hydrogens (tertiary/aromatic N) is 5. The van der Waals surface area contributed by atoms with E-state index in [9.17, 15) is 0 Å². The summed E-state index contributed by atoms with van der Waals surface area (Å²) in [6.07, 6.45) is 2.39. The van der Waals surface area contributed by atoms with E-state index in [-0.39, 0.29) is 0 Å². The number of nitrogens with one attached hydrogen (secondary N) is 1. The van der Waals surface area contributed by atoms with Crippen LogP contribution in [0.4, 0.5) is 10.9 Å². The van der Waals surface area contributed by atoms with Crippen molar-refractivity contribution in [3.05, 3.63) is 22.6 Å². The van der Waals surface area contributed by atoms with Crippen molar-refractivity contribution in [1.82, 2.24) is 25.1 Å². The van der Waals surface area contributed by atoms with E-state index in [1.54, 1.807) is 0 Å². The second-order valence-electron chi connectivity index (χ2n) is 5.97. The summed E-state index contributed by atoms with van der Waals surface area (Å²) >= 11 is 1.53. The summed E-state index contributed by atoms with van der Waals surface area (Å²) in [5.74, 6) is 1.59.